The van der Waals surface area contributed by atoms with Gasteiger partial charge in [-0.3, -0.25) is 5.32 Å². The summed E-state index contributed by atoms with van der Waals surface area (Å²) in [7, 11) is 0. The zero-order valence-electron chi connectivity index (χ0n) is 17.9. The second-order valence-electron chi connectivity index (χ2n) is 8.22. The molecule has 1 amide bonds. The van der Waals surface area contributed by atoms with Crippen molar-refractivity contribution in [2.24, 2.45) is 0 Å². The van der Waals surface area contributed by atoms with E-state index in [0.29, 0.717) is 48.0 Å². The molecule has 0 spiro atoms. The SMILES string of the molecule is CCCC1OC(=O)Nc2nccc(-c3cc(C(C)(F)F)cc(N4CCN[C@@H](C)C4)n3)c21. The quantitative estimate of drug-likeness (QED) is 0.728. The highest BCUT2D eigenvalue weighted by atomic mass is 19.3. The Kier molecular flexibility index (Phi) is 5.79. The van der Waals surface area contributed by atoms with Crippen molar-refractivity contribution < 1.29 is 18.3 Å². The van der Waals surface area contributed by atoms with Crippen molar-refractivity contribution in [1.82, 2.24) is 15.3 Å². The molecule has 7 nitrogen and oxygen atoms in total. The van der Waals surface area contributed by atoms with Gasteiger partial charge in [0.05, 0.1) is 5.69 Å². The molecule has 1 fully saturated rings. The first-order valence-corrected chi connectivity index (χ1v) is 10.6. The number of halogens is 2. The van der Waals surface area contributed by atoms with E-state index < -0.39 is 18.1 Å². The number of piperazine rings is 1. The van der Waals surface area contributed by atoms with Gasteiger partial charge in [-0.1, -0.05) is 13.3 Å². The van der Waals surface area contributed by atoms with E-state index in [2.05, 4.69) is 22.5 Å². The lowest BCUT2D eigenvalue weighted by Gasteiger charge is -2.33. The number of carbonyl (C=O) groups is 1. The van der Waals surface area contributed by atoms with Gasteiger partial charge >= 0.3 is 6.09 Å². The summed E-state index contributed by atoms with van der Waals surface area (Å²) < 4.78 is 34.3. The fourth-order valence-corrected chi connectivity index (χ4v) is 4.11. The molecule has 2 aromatic rings. The van der Waals surface area contributed by atoms with Crippen molar-refractivity contribution in [2.45, 2.75) is 51.7 Å². The Morgan fingerprint density at radius 1 is 1.35 bits per heavy atom. The van der Waals surface area contributed by atoms with E-state index in [0.717, 1.165) is 19.9 Å². The highest BCUT2D eigenvalue weighted by Gasteiger charge is 2.32. The molecule has 31 heavy (non-hydrogen) atoms. The van der Waals surface area contributed by atoms with Gasteiger partial charge in [0.15, 0.2) is 0 Å². The first-order valence-electron chi connectivity index (χ1n) is 10.6. The Balaban J connectivity index is 1.85. The number of hydrogen-bond acceptors (Lipinski definition) is 6. The van der Waals surface area contributed by atoms with E-state index in [1.165, 1.54) is 12.1 Å². The molecule has 1 saturated heterocycles. The first-order chi connectivity index (χ1) is 14.8. The molecule has 0 bridgehead atoms. The van der Waals surface area contributed by atoms with Crippen LogP contribution >= 0.6 is 0 Å². The van der Waals surface area contributed by atoms with Crippen LogP contribution in [0.1, 0.15) is 50.8 Å². The van der Waals surface area contributed by atoms with Crippen LogP contribution in [0.2, 0.25) is 0 Å². The van der Waals surface area contributed by atoms with Gasteiger partial charge in [-0.05, 0) is 31.5 Å². The molecule has 2 aliphatic rings. The third-order valence-corrected chi connectivity index (χ3v) is 5.62. The van der Waals surface area contributed by atoms with Crippen LogP contribution < -0.4 is 15.5 Å². The maximum Gasteiger partial charge on any atom is 0.413 e. The number of fused-ring (bicyclic) bond motifs is 1. The van der Waals surface area contributed by atoms with Crippen LogP contribution in [0.15, 0.2) is 24.4 Å². The maximum absolute atomic E-state index is 14.4. The topological polar surface area (TPSA) is 79.4 Å². The number of cyclic esters (lactones) is 1. The monoisotopic (exact) mass is 431 g/mol. The zero-order valence-corrected chi connectivity index (χ0v) is 17.9. The van der Waals surface area contributed by atoms with E-state index in [1.807, 2.05) is 11.8 Å². The number of aromatic nitrogens is 2. The summed E-state index contributed by atoms with van der Waals surface area (Å²) in [5.41, 5.74) is 1.63. The van der Waals surface area contributed by atoms with Gasteiger partial charge < -0.3 is 15.0 Å². The summed E-state index contributed by atoms with van der Waals surface area (Å²) in [6, 6.07) is 4.86. The lowest BCUT2D eigenvalue weighted by atomic mass is 9.95. The van der Waals surface area contributed by atoms with Crippen molar-refractivity contribution in [3.63, 3.8) is 0 Å². The summed E-state index contributed by atoms with van der Waals surface area (Å²) >= 11 is 0. The molecule has 9 heteroatoms. The van der Waals surface area contributed by atoms with Crippen LogP contribution in [-0.4, -0.2) is 41.7 Å². The number of anilines is 2. The Bertz CT molecular complexity index is 979. The lowest BCUT2D eigenvalue weighted by Crippen LogP contribution is -2.49. The van der Waals surface area contributed by atoms with Crippen LogP contribution in [0.3, 0.4) is 0 Å². The van der Waals surface area contributed by atoms with Crippen molar-refractivity contribution in [2.75, 3.05) is 29.9 Å². The van der Waals surface area contributed by atoms with Crippen LogP contribution in [0.5, 0.6) is 0 Å². The summed E-state index contributed by atoms with van der Waals surface area (Å²) in [5.74, 6) is -2.12. The third kappa shape index (κ3) is 4.46. The minimum absolute atomic E-state index is 0.1000. The van der Waals surface area contributed by atoms with Gasteiger partial charge in [0.1, 0.15) is 17.7 Å². The Labute approximate surface area is 180 Å². The normalized spacial score (nSPS) is 21.3. The first kappa shape index (κ1) is 21.4. The van der Waals surface area contributed by atoms with E-state index in [1.54, 1.807) is 12.3 Å². The predicted octanol–water partition coefficient (Wildman–Crippen LogP) is 4.46. The van der Waals surface area contributed by atoms with Crippen molar-refractivity contribution in [3.05, 3.63) is 35.5 Å². The molecule has 4 rings (SSSR count). The molecule has 2 aliphatic heterocycles. The van der Waals surface area contributed by atoms with E-state index in [4.69, 9.17) is 9.72 Å². The molecular formula is C22H27F2N5O2. The van der Waals surface area contributed by atoms with Gasteiger partial charge in [0.2, 0.25) is 0 Å². The van der Waals surface area contributed by atoms with Crippen molar-refractivity contribution in [1.29, 1.82) is 0 Å². The molecule has 0 aromatic carbocycles. The van der Waals surface area contributed by atoms with Gasteiger partial charge in [0.25, 0.3) is 5.92 Å². The number of pyridine rings is 2. The number of alkyl halides is 2. The minimum atomic E-state index is -3.02. The Morgan fingerprint density at radius 3 is 2.87 bits per heavy atom. The molecular weight excluding hydrogens is 404 g/mol. The second-order valence-corrected chi connectivity index (χ2v) is 8.22. The van der Waals surface area contributed by atoms with Gasteiger partial charge in [0, 0.05) is 55.5 Å². The number of rotatable bonds is 5. The number of amides is 1. The Hall–Kier alpha value is -2.81. The van der Waals surface area contributed by atoms with Crippen LogP contribution in [-0.2, 0) is 10.7 Å². The molecule has 2 atom stereocenters. The molecule has 0 aliphatic carbocycles. The van der Waals surface area contributed by atoms with Gasteiger partial charge in [-0.15, -0.1) is 0 Å². The average Bonchev–Trinajstić information content (AvgIpc) is 2.72. The smallest absolute Gasteiger partial charge is 0.413 e. The highest BCUT2D eigenvalue weighted by molar-refractivity contribution is 5.89. The maximum atomic E-state index is 14.4. The summed E-state index contributed by atoms with van der Waals surface area (Å²) in [5, 5.41) is 5.98. The Morgan fingerprint density at radius 2 is 2.16 bits per heavy atom. The molecule has 166 valence electrons. The van der Waals surface area contributed by atoms with E-state index >= 15 is 0 Å². The predicted molar refractivity (Wildman–Crippen MR) is 114 cm³/mol. The summed E-state index contributed by atoms with van der Waals surface area (Å²) in [4.78, 5) is 23.0. The molecule has 0 saturated carbocycles. The van der Waals surface area contributed by atoms with E-state index in [9.17, 15) is 13.6 Å². The number of carbonyl (C=O) groups excluding carboxylic acids is 1. The number of hydrogen-bond donors (Lipinski definition) is 2. The average molecular weight is 431 g/mol. The van der Waals surface area contributed by atoms with E-state index in [-0.39, 0.29) is 11.6 Å². The molecule has 2 N–H and O–H groups in total. The van der Waals surface area contributed by atoms with Crippen molar-refractivity contribution in [3.8, 4) is 11.3 Å². The van der Waals surface area contributed by atoms with Crippen molar-refractivity contribution >= 4 is 17.7 Å². The number of nitrogens with one attached hydrogen (secondary N) is 2. The lowest BCUT2D eigenvalue weighted by molar-refractivity contribution is 0.0174. The third-order valence-electron chi connectivity index (χ3n) is 5.62. The molecule has 4 heterocycles. The van der Waals surface area contributed by atoms with Crippen LogP contribution in [0, 0.1) is 0 Å². The van der Waals surface area contributed by atoms with Crippen LogP contribution in [0.25, 0.3) is 11.3 Å². The fourth-order valence-electron chi connectivity index (χ4n) is 4.11. The molecule has 1 unspecified atom stereocenters. The van der Waals surface area contributed by atoms with Gasteiger partial charge in [-0.2, -0.15) is 0 Å². The standard InChI is InChI=1S/C22H27F2N5O2/c1-4-5-17-19-15(6-7-26-20(19)28-21(30)31-17)16-10-14(22(3,23)24)11-18(27-16)29-9-8-25-13(2)12-29/h6-7,10-11,13,17,25H,4-5,8-9,12H2,1-3H3,(H,26,28,30)/t13-,17?/m0/s1. The zero-order chi connectivity index (χ0) is 22.2. The summed E-state index contributed by atoms with van der Waals surface area (Å²) in [6.45, 7) is 7.06. The summed E-state index contributed by atoms with van der Waals surface area (Å²) in [6.07, 6.45) is 1.87. The highest BCUT2D eigenvalue weighted by Crippen LogP contribution is 2.41. The fraction of sp³-hybridized carbons (Fsp3) is 0.500. The van der Waals surface area contributed by atoms with Gasteiger partial charge in [-0.25, -0.2) is 23.5 Å². The second kappa shape index (κ2) is 8.37. The minimum Gasteiger partial charge on any atom is -0.441 e. The number of ether oxygens (including phenoxy) is 1. The van der Waals surface area contributed by atoms with Crippen LogP contribution in [0.4, 0.5) is 25.2 Å². The largest absolute Gasteiger partial charge is 0.441 e. The molecule has 2 aromatic heterocycles. The number of nitrogens with zero attached hydrogens (tertiary/aromatic N) is 3. The molecule has 0 radical (unpaired) electrons.